The molecular weight excluding hydrogens is 409 g/mol. The van der Waals surface area contributed by atoms with Gasteiger partial charge in [0.25, 0.3) is 5.91 Å². The maximum Gasteiger partial charge on any atom is 0.266 e. The molecule has 156 valence electrons. The van der Waals surface area contributed by atoms with Crippen molar-refractivity contribution in [1.29, 1.82) is 0 Å². The highest BCUT2D eigenvalue weighted by molar-refractivity contribution is 7.14. The van der Waals surface area contributed by atoms with E-state index in [1.807, 2.05) is 0 Å². The van der Waals surface area contributed by atoms with Gasteiger partial charge in [-0.15, -0.1) is 11.3 Å². The lowest BCUT2D eigenvalue weighted by Crippen LogP contribution is -2.30. The second-order valence-corrected chi connectivity index (χ2v) is 7.20. The lowest BCUT2D eigenvalue weighted by Gasteiger charge is -2.14. The van der Waals surface area contributed by atoms with Gasteiger partial charge < -0.3 is 14.8 Å². The average molecular weight is 429 g/mol. The van der Waals surface area contributed by atoms with Crippen molar-refractivity contribution in [2.75, 3.05) is 17.7 Å². The third-order valence-electron chi connectivity index (χ3n) is 4.04. The van der Waals surface area contributed by atoms with Crippen molar-refractivity contribution in [2.45, 2.75) is 20.0 Å². The molecule has 0 aliphatic rings. The number of methoxy groups -OCH3 is 1. The number of carbonyl (C=O) groups is 2. The average Bonchev–Trinajstić information content (AvgIpc) is 3.16. The molecule has 0 spiro atoms. The summed E-state index contributed by atoms with van der Waals surface area (Å²) in [6.45, 7) is 2.97. The first-order valence-electron chi connectivity index (χ1n) is 9.00. The Labute approximate surface area is 176 Å². The van der Waals surface area contributed by atoms with Gasteiger partial charge in [-0.3, -0.25) is 14.9 Å². The van der Waals surface area contributed by atoms with Gasteiger partial charge in [-0.1, -0.05) is 0 Å². The fourth-order valence-corrected chi connectivity index (χ4v) is 3.29. The highest BCUT2D eigenvalue weighted by Crippen LogP contribution is 2.29. The second-order valence-electron chi connectivity index (χ2n) is 6.34. The van der Waals surface area contributed by atoms with Crippen molar-refractivity contribution in [1.82, 2.24) is 4.98 Å². The van der Waals surface area contributed by atoms with Gasteiger partial charge in [0, 0.05) is 23.6 Å². The maximum absolute atomic E-state index is 14.4. The number of nitrogens with zero attached hydrogens (tertiary/aromatic N) is 1. The summed E-state index contributed by atoms with van der Waals surface area (Å²) in [5.41, 5.74) is 1.01. The van der Waals surface area contributed by atoms with E-state index in [-0.39, 0.29) is 17.4 Å². The van der Waals surface area contributed by atoms with Crippen LogP contribution in [-0.4, -0.2) is 30.0 Å². The van der Waals surface area contributed by atoms with Crippen LogP contribution in [0.15, 0.2) is 47.8 Å². The number of benzene rings is 2. The maximum atomic E-state index is 14.4. The summed E-state index contributed by atoms with van der Waals surface area (Å²) in [4.78, 5) is 27.7. The van der Waals surface area contributed by atoms with Crippen LogP contribution in [0.4, 0.5) is 15.2 Å². The molecule has 2 amide bonds. The molecule has 0 fully saturated rings. The van der Waals surface area contributed by atoms with Crippen LogP contribution < -0.4 is 20.1 Å². The number of hydrogen-bond donors (Lipinski definition) is 2. The van der Waals surface area contributed by atoms with Gasteiger partial charge in [0.05, 0.1) is 12.8 Å². The zero-order valence-electron chi connectivity index (χ0n) is 16.6. The lowest BCUT2D eigenvalue weighted by molar-refractivity contribution is -0.122. The summed E-state index contributed by atoms with van der Waals surface area (Å²) >= 11 is 1.17. The summed E-state index contributed by atoms with van der Waals surface area (Å²) in [5.74, 6) is 0.0207. The number of rotatable bonds is 7. The van der Waals surface area contributed by atoms with E-state index in [9.17, 15) is 14.0 Å². The molecule has 3 rings (SSSR count). The second kappa shape index (κ2) is 9.36. The van der Waals surface area contributed by atoms with Crippen molar-refractivity contribution in [2.24, 2.45) is 0 Å². The molecule has 0 aliphatic heterocycles. The van der Waals surface area contributed by atoms with Crippen molar-refractivity contribution in [3.05, 3.63) is 53.7 Å². The zero-order valence-corrected chi connectivity index (χ0v) is 17.4. The predicted octanol–water partition coefficient (Wildman–Crippen LogP) is 4.32. The minimum absolute atomic E-state index is 0.267. The van der Waals surface area contributed by atoms with Gasteiger partial charge in [0.1, 0.15) is 17.3 Å². The summed E-state index contributed by atoms with van der Waals surface area (Å²) in [6.07, 6.45) is -0.764. The third-order valence-corrected chi connectivity index (χ3v) is 4.80. The number of ether oxygens (including phenoxy) is 2. The minimum Gasteiger partial charge on any atom is -0.497 e. The Morgan fingerprint density at radius 2 is 1.80 bits per heavy atom. The predicted molar refractivity (Wildman–Crippen MR) is 114 cm³/mol. The standard InChI is InChI=1S/C21H20FN3O4S/c1-12(29-16-7-5-15(28-3)6-8-16)20(27)25-21-24-19(11-30-21)17-9-4-14(10-18(17)22)23-13(2)26/h4-12H,1-3H3,(H,23,26)(H,24,25,27). The fraction of sp³-hybridized carbons (Fsp3) is 0.190. The number of halogens is 1. The fourth-order valence-electron chi connectivity index (χ4n) is 2.58. The highest BCUT2D eigenvalue weighted by Gasteiger charge is 2.18. The molecule has 1 atom stereocenters. The quantitative estimate of drug-likeness (QED) is 0.584. The van der Waals surface area contributed by atoms with Crippen molar-refractivity contribution in [3.8, 4) is 22.8 Å². The number of amides is 2. The molecule has 0 aliphatic carbocycles. The largest absolute Gasteiger partial charge is 0.497 e. The van der Waals surface area contributed by atoms with Gasteiger partial charge in [-0.2, -0.15) is 0 Å². The molecule has 1 unspecified atom stereocenters. The third kappa shape index (κ3) is 5.32. The summed E-state index contributed by atoms with van der Waals surface area (Å²) in [6, 6.07) is 11.2. The molecule has 0 saturated heterocycles. The first-order valence-corrected chi connectivity index (χ1v) is 9.88. The highest BCUT2D eigenvalue weighted by atomic mass is 32.1. The van der Waals surface area contributed by atoms with E-state index in [4.69, 9.17) is 9.47 Å². The summed E-state index contributed by atoms with van der Waals surface area (Å²) < 4.78 is 25.1. The van der Waals surface area contributed by atoms with E-state index in [1.54, 1.807) is 49.7 Å². The molecule has 2 N–H and O–H groups in total. The van der Waals surface area contributed by atoms with Crippen molar-refractivity contribution < 1.29 is 23.5 Å². The minimum atomic E-state index is -0.764. The van der Waals surface area contributed by atoms with Crippen LogP contribution in [0.1, 0.15) is 13.8 Å². The number of nitrogens with one attached hydrogen (secondary N) is 2. The summed E-state index contributed by atoms with van der Waals surface area (Å²) in [5, 5.41) is 7.16. The molecule has 1 aromatic heterocycles. The number of carbonyl (C=O) groups excluding carboxylic acids is 2. The van der Waals surface area contributed by atoms with E-state index in [1.165, 1.54) is 30.4 Å². The molecule has 0 bridgehead atoms. The van der Waals surface area contributed by atoms with Gasteiger partial charge in [-0.05, 0) is 49.4 Å². The molecule has 30 heavy (non-hydrogen) atoms. The smallest absolute Gasteiger partial charge is 0.266 e. The normalized spacial score (nSPS) is 11.5. The van der Waals surface area contributed by atoms with E-state index < -0.39 is 11.9 Å². The number of anilines is 2. The van der Waals surface area contributed by atoms with Crippen LogP contribution in [-0.2, 0) is 9.59 Å². The monoisotopic (exact) mass is 429 g/mol. The molecule has 2 aromatic carbocycles. The Morgan fingerprint density at radius 3 is 2.43 bits per heavy atom. The Hall–Kier alpha value is -3.46. The van der Waals surface area contributed by atoms with E-state index >= 15 is 0 Å². The Kier molecular flexibility index (Phi) is 6.63. The van der Waals surface area contributed by atoms with Crippen LogP contribution in [0.2, 0.25) is 0 Å². The van der Waals surface area contributed by atoms with Gasteiger partial charge in [0.2, 0.25) is 5.91 Å². The lowest BCUT2D eigenvalue weighted by atomic mass is 10.1. The van der Waals surface area contributed by atoms with E-state index in [0.717, 1.165) is 0 Å². The topological polar surface area (TPSA) is 89.6 Å². The molecule has 1 heterocycles. The molecule has 7 nitrogen and oxygen atoms in total. The van der Waals surface area contributed by atoms with Crippen molar-refractivity contribution >= 4 is 34.0 Å². The molecular formula is C21H20FN3O4S. The van der Waals surface area contributed by atoms with Crippen LogP contribution >= 0.6 is 11.3 Å². The van der Waals surface area contributed by atoms with Crippen LogP contribution in [0.3, 0.4) is 0 Å². The van der Waals surface area contributed by atoms with E-state index in [0.29, 0.717) is 28.0 Å². The number of thiazole rings is 1. The molecule has 3 aromatic rings. The first kappa shape index (κ1) is 21.3. The summed E-state index contributed by atoms with van der Waals surface area (Å²) in [7, 11) is 1.57. The van der Waals surface area contributed by atoms with Gasteiger partial charge in [0.15, 0.2) is 11.2 Å². The molecule has 9 heteroatoms. The Bertz CT molecular complexity index is 1050. The zero-order chi connectivity index (χ0) is 21.7. The number of hydrogen-bond acceptors (Lipinski definition) is 6. The van der Waals surface area contributed by atoms with Crippen LogP contribution in [0.5, 0.6) is 11.5 Å². The SMILES string of the molecule is COc1ccc(OC(C)C(=O)Nc2nc(-c3ccc(NC(C)=O)cc3F)cs2)cc1. The van der Waals surface area contributed by atoms with Gasteiger partial charge in [-0.25, -0.2) is 9.37 Å². The van der Waals surface area contributed by atoms with Crippen LogP contribution in [0, 0.1) is 5.82 Å². The molecule has 0 radical (unpaired) electrons. The molecule has 0 saturated carbocycles. The van der Waals surface area contributed by atoms with E-state index in [2.05, 4.69) is 15.6 Å². The first-order chi connectivity index (χ1) is 14.4. The van der Waals surface area contributed by atoms with Crippen LogP contribution in [0.25, 0.3) is 11.3 Å². The van der Waals surface area contributed by atoms with Gasteiger partial charge >= 0.3 is 0 Å². The Balaban J connectivity index is 1.64. The van der Waals surface area contributed by atoms with Crippen molar-refractivity contribution in [3.63, 3.8) is 0 Å². The number of aromatic nitrogens is 1. The Morgan fingerprint density at radius 1 is 1.10 bits per heavy atom.